The third-order valence-electron chi connectivity index (χ3n) is 4.45. The lowest BCUT2D eigenvalue weighted by Crippen LogP contribution is -2.19. The van der Waals surface area contributed by atoms with Crippen LogP contribution in [0.2, 0.25) is 0 Å². The first-order chi connectivity index (χ1) is 14.5. The number of ether oxygens (including phenoxy) is 3. The van der Waals surface area contributed by atoms with Gasteiger partial charge in [-0.05, 0) is 61.4 Å². The van der Waals surface area contributed by atoms with E-state index in [1.165, 1.54) is 0 Å². The Hall–Kier alpha value is -2.92. The van der Waals surface area contributed by atoms with Gasteiger partial charge in [0.15, 0.2) is 0 Å². The molecule has 2 unspecified atom stereocenters. The predicted molar refractivity (Wildman–Crippen MR) is 114 cm³/mol. The molecule has 158 valence electrons. The van der Waals surface area contributed by atoms with Crippen LogP contribution in [-0.4, -0.2) is 19.1 Å². The molecule has 0 aliphatic carbocycles. The van der Waals surface area contributed by atoms with E-state index >= 15 is 0 Å². The summed E-state index contributed by atoms with van der Waals surface area (Å²) >= 11 is 0. The second-order valence-electron chi connectivity index (χ2n) is 7.22. The minimum atomic E-state index is -1.77. The highest BCUT2D eigenvalue weighted by Crippen LogP contribution is 2.28. The van der Waals surface area contributed by atoms with Crippen molar-refractivity contribution in [1.29, 1.82) is 0 Å². The normalized spacial score (nSPS) is 13.1. The Labute approximate surface area is 176 Å². The van der Waals surface area contributed by atoms with E-state index in [0.29, 0.717) is 22.8 Å². The molecule has 0 aromatic heterocycles. The first-order valence-corrected chi connectivity index (χ1v) is 9.95. The second kappa shape index (κ2) is 10.7. The molecule has 0 N–H and O–H groups in total. The number of para-hydroxylation sites is 1. The molecule has 0 radical (unpaired) electrons. The number of alkyl halides is 2. The Morgan fingerprint density at radius 1 is 0.800 bits per heavy atom. The number of hydrogen-bond acceptors (Lipinski definition) is 3. The van der Waals surface area contributed by atoms with E-state index in [9.17, 15) is 8.78 Å². The standard InChI is InChI=1S/C25H26F2O3/c1-18(2)29-22-13-11-20(12-14-22)24(16-26)25(27)28-17-19-7-6-10-23(15-19)30-21-8-4-3-5-9-21/h3-15,18,24-25H,16-17H2,1-2H3. The SMILES string of the molecule is CC(C)Oc1ccc(C(CF)C(F)OCc2cccc(Oc3ccccc3)c2)cc1. The lowest BCUT2D eigenvalue weighted by molar-refractivity contribution is -0.0701. The summed E-state index contributed by atoms with van der Waals surface area (Å²) in [6.07, 6.45) is -1.74. The maximum Gasteiger partial charge on any atom is 0.208 e. The Morgan fingerprint density at radius 3 is 2.17 bits per heavy atom. The monoisotopic (exact) mass is 412 g/mol. The van der Waals surface area contributed by atoms with Crippen LogP contribution in [0.15, 0.2) is 78.9 Å². The fourth-order valence-electron chi connectivity index (χ4n) is 2.99. The molecule has 0 heterocycles. The molecule has 3 aromatic carbocycles. The van der Waals surface area contributed by atoms with Crippen molar-refractivity contribution in [2.45, 2.75) is 38.8 Å². The largest absolute Gasteiger partial charge is 0.491 e. The summed E-state index contributed by atoms with van der Waals surface area (Å²) in [5, 5.41) is 0. The Balaban J connectivity index is 1.59. The smallest absolute Gasteiger partial charge is 0.208 e. The van der Waals surface area contributed by atoms with Gasteiger partial charge in [0.05, 0.1) is 18.6 Å². The van der Waals surface area contributed by atoms with Gasteiger partial charge < -0.3 is 14.2 Å². The van der Waals surface area contributed by atoms with E-state index in [4.69, 9.17) is 14.2 Å². The highest BCUT2D eigenvalue weighted by atomic mass is 19.2. The first-order valence-electron chi connectivity index (χ1n) is 9.95. The quantitative estimate of drug-likeness (QED) is 0.365. The predicted octanol–water partition coefficient (Wildman–Crippen LogP) is 6.83. The van der Waals surface area contributed by atoms with E-state index in [-0.39, 0.29) is 12.7 Å². The highest BCUT2D eigenvalue weighted by Gasteiger charge is 2.24. The second-order valence-corrected chi connectivity index (χ2v) is 7.22. The molecule has 0 aliphatic heterocycles. The van der Waals surface area contributed by atoms with Crippen molar-refractivity contribution in [2.75, 3.05) is 6.67 Å². The molecule has 5 heteroatoms. The molecule has 3 nitrogen and oxygen atoms in total. The van der Waals surface area contributed by atoms with Crippen molar-refractivity contribution >= 4 is 0 Å². The molecular weight excluding hydrogens is 386 g/mol. The molecule has 0 spiro atoms. The first kappa shape index (κ1) is 21.8. The van der Waals surface area contributed by atoms with Crippen LogP contribution in [0.3, 0.4) is 0 Å². The van der Waals surface area contributed by atoms with Crippen LogP contribution in [0, 0.1) is 0 Å². The Morgan fingerprint density at radius 2 is 1.50 bits per heavy atom. The molecular formula is C25H26F2O3. The van der Waals surface area contributed by atoms with Gasteiger partial charge in [-0.3, -0.25) is 4.39 Å². The van der Waals surface area contributed by atoms with Crippen LogP contribution >= 0.6 is 0 Å². The molecule has 0 fully saturated rings. The molecule has 0 saturated carbocycles. The van der Waals surface area contributed by atoms with Gasteiger partial charge in [0.2, 0.25) is 6.36 Å². The topological polar surface area (TPSA) is 27.7 Å². The minimum Gasteiger partial charge on any atom is -0.491 e. The van der Waals surface area contributed by atoms with Crippen molar-refractivity contribution in [3.05, 3.63) is 90.0 Å². The van der Waals surface area contributed by atoms with Gasteiger partial charge in [0, 0.05) is 0 Å². The average Bonchev–Trinajstić information content (AvgIpc) is 2.75. The van der Waals surface area contributed by atoms with Gasteiger partial charge in [-0.15, -0.1) is 0 Å². The van der Waals surface area contributed by atoms with Gasteiger partial charge in [-0.1, -0.05) is 42.5 Å². The van der Waals surface area contributed by atoms with E-state index in [2.05, 4.69) is 0 Å². The van der Waals surface area contributed by atoms with E-state index in [0.717, 1.165) is 5.56 Å². The van der Waals surface area contributed by atoms with E-state index in [1.54, 1.807) is 30.3 Å². The maximum atomic E-state index is 14.7. The summed E-state index contributed by atoms with van der Waals surface area (Å²) in [6, 6.07) is 23.4. The summed E-state index contributed by atoms with van der Waals surface area (Å²) in [7, 11) is 0. The van der Waals surface area contributed by atoms with Crippen LogP contribution in [0.5, 0.6) is 17.2 Å². The van der Waals surface area contributed by atoms with Crippen molar-refractivity contribution in [3.8, 4) is 17.2 Å². The summed E-state index contributed by atoms with van der Waals surface area (Å²) in [6.45, 7) is 2.99. The molecule has 2 atom stereocenters. The summed E-state index contributed by atoms with van der Waals surface area (Å²) in [5.41, 5.74) is 1.27. The van der Waals surface area contributed by atoms with Gasteiger partial charge in [-0.25, -0.2) is 4.39 Å². The lowest BCUT2D eigenvalue weighted by Gasteiger charge is -2.20. The lowest BCUT2D eigenvalue weighted by atomic mass is 10.0. The zero-order chi connectivity index (χ0) is 21.3. The Kier molecular flexibility index (Phi) is 7.80. The van der Waals surface area contributed by atoms with Crippen LogP contribution in [0.1, 0.15) is 30.9 Å². The van der Waals surface area contributed by atoms with Crippen LogP contribution in [0.25, 0.3) is 0 Å². The molecule has 0 aliphatic rings. The molecule has 3 rings (SSSR count). The zero-order valence-electron chi connectivity index (χ0n) is 17.1. The van der Waals surface area contributed by atoms with Gasteiger partial charge >= 0.3 is 0 Å². The summed E-state index contributed by atoms with van der Waals surface area (Å²) in [5.74, 6) is 1.00. The van der Waals surface area contributed by atoms with E-state index < -0.39 is 19.0 Å². The third-order valence-corrected chi connectivity index (χ3v) is 4.45. The molecule has 3 aromatic rings. The maximum absolute atomic E-state index is 14.7. The average molecular weight is 412 g/mol. The summed E-state index contributed by atoms with van der Waals surface area (Å²) < 4.78 is 44.9. The van der Waals surface area contributed by atoms with Crippen molar-refractivity contribution in [3.63, 3.8) is 0 Å². The van der Waals surface area contributed by atoms with Gasteiger partial charge in [0.1, 0.15) is 23.9 Å². The van der Waals surface area contributed by atoms with Crippen molar-refractivity contribution in [1.82, 2.24) is 0 Å². The van der Waals surface area contributed by atoms with Gasteiger partial charge in [-0.2, -0.15) is 0 Å². The minimum absolute atomic E-state index is 0.0121. The molecule has 0 amide bonds. The number of benzene rings is 3. The third kappa shape index (κ3) is 6.29. The van der Waals surface area contributed by atoms with Gasteiger partial charge in [0.25, 0.3) is 0 Å². The van der Waals surface area contributed by atoms with Crippen LogP contribution in [0.4, 0.5) is 8.78 Å². The van der Waals surface area contributed by atoms with Crippen molar-refractivity contribution < 1.29 is 23.0 Å². The number of halogens is 2. The van der Waals surface area contributed by atoms with Crippen LogP contribution in [-0.2, 0) is 11.3 Å². The molecule has 0 saturated heterocycles. The number of hydrogen-bond donors (Lipinski definition) is 0. The Bertz CT molecular complexity index is 898. The molecule has 0 bridgehead atoms. The fraction of sp³-hybridized carbons (Fsp3) is 0.280. The van der Waals surface area contributed by atoms with E-state index in [1.807, 2.05) is 62.4 Å². The zero-order valence-corrected chi connectivity index (χ0v) is 17.1. The summed E-state index contributed by atoms with van der Waals surface area (Å²) in [4.78, 5) is 0. The van der Waals surface area contributed by atoms with Crippen LogP contribution < -0.4 is 9.47 Å². The molecule has 30 heavy (non-hydrogen) atoms. The number of rotatable bonds is 10. The van der Waals surface area contributed by atoms with Crippen molar-refractivity contribution in [2.24, 2.45) is 0 Å². The highest BCUT2D eigenvalue weighted by molar-refractivity contribution is 5.34. The fourth-order valence-corrected chi connectivity index (χ4v) is 2.99.